The first-order chi connectivity index (χ1) is 12.6. The molecule has 0 N–H and O–H groups in total. The Labute approximate surface area is 156 Å². The molecule has 1 fully saturated rings. The van der Waals surface area contributed by atoms with Gasteiger partial charge in [-0.25, -0.2) is 0 Å². The SMILES string of the molecule is C#CCO[C@H]1OC(COC(C)=O)[C@@H](OC(C)=O)C(OC(C)=O)C1OC(C)=O. The fourth-order valence-corrected chi connectivity index (χ4v) is 2.45. The van der Waals surface area contributed by atoms with Crippen molar-refractivity contribution in [2.45, 2.75) is 58.4 Å². The molecular weight excluding hydrogens is 364 g/mol. The summed E-state index contributed by atoms with van der Waals surface area (Å²) in [7, 11) is 0. The molecule has 3 unspecified atom stereocenters. The normalized spacial score (nSPS) is 27.0. The van der Waals surface area contributed by atoms with Crippen LogP contribution < -0.4 is 0 Å². The van der Waals surface area contributed by atoms with Crippen molar-refractivity contribution in [3.05, 3.63) is 0 Å². The van der Waals surface area contributed by atoms with Gasteiger partial charge in [-0.15, -0.1) is 6.42 Å². The molecule has 10 nitrogen and oxygen atoms in total. The van der Waals surface area contributed by atoms with E-state index in [4.69, 9.17) is 34.8 Å². The fraction of sp³-hybridized carbons (Fsp3) is 0.647. The Morgan fingerprint density at radius 1 is 0.852 bits per heavy atom. The van der Waals surface area contributed by atoms with Crippen molar-refractivity contribution in [1.29, 1.82) is 0 Å². The smallest absolute Gasteiger partial charge is 0.303 e. The van der Waals surface area contributed by atoms with Gasteiger partial charge in [-0.05, 0) is 0 Å². The van der Waals surface area contributed by atoms with Crippen LogP contribution >= 0.6 is 0 Å². The lowest BCUT2D eigenvalue weighted by Gasteiger charge is -2.43. The molecule has 0 saturated carbocycles. The summed E-state index contributed by atoms with van der Waals surface area (Å²) < 4.78 is 31.5. The highest BCUT2D eigenvalue weighted by atomic mass is 16.7. The van der Waals surface area contributed by atoms with Crippen LogP contribution in [0, 0.1) is 12.3 Å². The molecule has 1 aliphatic heterocycles. The lowest BCUT2D eigenvalue weighted by Crippen LogP contribution is -2.62. The van der Waals surface area contributed by atoms with Crippen LogP contribution in [0.15, 0.2) is 0 Å². The van der Waals surface area contributed by atoms with Gasteiger partial charge in [0.15, 0.2) is 24.6 Å². The third-order valence-corrected chi connectivity index (χ3v) is 3.28. The van der Waals surface area contributed by atoms with E-state index in [1.165, 1.54) is 6.92 Å². The second-order valence-corrected chi connectivity index (χ2v) is 5.58. The van der Waals surface area contributed by atoms with Crippen LogP contribution in [0.2, 0.25) is 0 Å². The van der Waals surface area contributed by atoms with Gasteiger partial charge >= 0.3 is 23.9 Å². The van der Waals surface area contributed by atoms with E-state index < -0.39 is 54.6 Å². The Hall–Kier alpha value is -2.64. The molecule has 1 rings (SSSR count). The second kappa shape index (κ2) is 10.5. The molecule has 0 aromatic heterocycles. The minimum absolute atomic E-state index is 0.201. The number of hydrogen-bond acceptors (Lipinski definition) is 10. The maximum Gasteiger partial charge on any atom is 0.303 e. The number of esters is 4. The van der Waals surface area contributed by atoms with Crippen molar-refractivity contribution < 1.29 is 47.6 Å². The van der Waals surface area contributed by atoms with Crippen molar-refractivity contribution in [3.8, 4) is 12.3 Å². The first-order valence-corrected chi connectivity index (χ1v) is 8.01. The lowest BCUT2D eigenvalue weighted by atomic mass is 9.98. The molecule has 1 saturated heterocycles. The highest BCUT2D eigenvalue weighted by molar-refractivity contribution is 5.68. The van der Waals surface area contributed by atoms with Gasteiger partial charge in [0.05, 0.1) is 0 Å². The van der Waals surface area contributed by atoms with E-state index in [2.05, 4.69) is 5.92 Å². The summed E-state index contributed by atoms with van der Waals surface area (Å²) in [4.78, 5) is 45.7. The average molecular weight is 386 g/mol. The summed E-state index contributed by atoms with van der Waals surface area (Å²) in [6, 6.07) is 0. The minimum atomic E-state index is -1.27. The van der Waals surface area contributed by atoms with Crippen LogP contribution in [0.4, 0.5) is 0 Å². The van der Waals surface area contributed by atoms with Gasteiger partial charge in [0, 0.05) is 27.7 Å². The van der Waals surface area contributed by atoms with Gasteiger partial charge in [-0.1, -0.05) is 5.92 Å². The molecule has 1 aliphatic rings. The minimum Gasteiger partial charge on any atom is -0.463 e. The van der Waals surface area contributed by atoms with E-state index in [1.807, 2.05) is 0 Å². The zero-order valence-electron chi connectivity index (χ0n) is 15.5. The number of rotatable bonds is 7. The number of carbonyl (C=O) groups is 4. The summed E-state index contributed by atoms with van der Waals surface area (Å²) in [6.45, 7) is 4.05. The molecular formula is C17H22O10. The number of terminal acetylenes is 1. The molecule has 0 spiro atoms. The van der Waals surface area contributed by atoms with Crippen LogP contribution in [0.3, 0.4) is 0 Å². The molecule has 150 valence electrons. The quantitative estimate of drug-likeness (QED) is 0.328. The molecule has 0 aromatic carbocycles. The average Bonchev–Trinajstić information content (AvgIpc) is 2.54. The Morgan fingerprint density at radius 3 is 1.85 bits per heavy atom. The molecule has 0 radical (unpaired) electrons. The van der Waals surface area contributed by atoms with E-state index in [9.17, 15) is 19.2 Å². The number of carbonyl (C=O) groups excluding carboxylic acids is 4. The van der Waals surface area contributed by atoms with Crippen LogP contribution in [0.5, 0.6) is 0 Å². The molecule has 5 atom stereocenters. The summed E-state index contributed by atoms with van der Waals surface area (Å²) in [5.74, 6) is -0.519. The van der Waals surface area contributed by atoms with Crippen molar-refractivity contribution in [2.24, 2.45) is 0 Å². The molecule has 27 heavy (non-hydrogen) atoms. The first kappa shape index (κ1) is 22.4. The van der Waals surface area contributed by atoms with Crippen molar-refractivity contribution >= 4 is 23.9 Å². The zero-order chi connectivity index (χ0) is 20.6. The molecule has 1 heterocycles. The van der Waals surface area contributed by atoms with Crippen LogP contribution in [0.25, 0.3) is 0 Å². The van der Waals surface area contributed by atoms with E-state index in [0.717, 1.165) is 20.8 Å². The van der Waals surface area contributed by atoms with Crippen LogP contribution in [-0.2, 0) is 47.6 Å². The lowest BCUT2D eigenvalue weighted by molar-refractivity contribution is -0.305. The Kier molecular flexibility index (Phi) is 8.71. The molecule has 0 bridgehead atoms. The fourth-order valence-electron chi connectivity index (χ4n) is 2.45. The van der Waals surface area contributed by atoms with E-state index >= 15 is 0 Å². The van der Waals surface area contributed by atoms with Crippen molar-refractivity contribution in [3.63, 3.8) is 0 Å². The zero-order valence-corrected chi connectivity index (χ0v) is 15.5. The summed E-state index contributed by atoms with van der Waals surface area (Å²) >= 11 is 0. The Balaban J connectivity index is 3.25. The predicted molar refractivity (Wildman–Crippen MR) is 86.7 cm³/mol. The number of ether oxygens (including phenoxy) is 6. The summed E-state index contributed by atoms with van der Waals surface area (Å²) in [6.07, 6.45) is -0.894. The maximum absolute atomic E-state index is 11.6. The van der Waals surface area contributed by atoms with E-state index in [-0.39, 0.29) is 13.2 Å². The van der Waals surface area contributed by atoms with Gasteiger partial charge in [0.25, 0.3) is 0 Å². The monoisotopic (exact) mass is 386 g/mol. The Bertz CT molecular complexity index is 607. The largest absolute Gasteiger partial charge is 0.463 e. The van der Waals surface area contributed by atoms with Gasteiger partial charge in [0.1, 0.15) is 19.3 Å². The van der Waals surface area contributed by atoms with Crippen molar-refractivity contribution in [1.82, 2.24) is 0 Å². The molecule has 0 amide bonds. The summed E-state index contributed by atoms with van der Waals surface area (Å²) in [5, 5.41) is 0. The standard InChI is InChI=1S/C17H22O10/c1-6-7-22-17-16(26-12(5)21)15(25-11(4)20)14(24-10(3)19)13(27-17)8-23-9(2)18/h1,13-17H,7-8H2,2-5H3/t13?,14-,15?,16?,17+/m1/s1. The van der Waals surface area contributed by atoms with Crippen LogP contribution in [0.1, 0.15) is 27.7 Å². The highest BCUT2D eigenvalue weighted by Crippen LogP contribution is 2.29. The van der Waals surface area contributed by atoms with Gasteiger partial charge in [0.2, 0.25) is 0 Å². The van der Waals surface area contributed by atoms with Crippen molar-refractivity contribution in [2.75, 3.05) is 13.2 Å². The van der Waals surface area contributed by atoms with Crippen LogP contribution in [-0.4, -0.2) is 67.8 Å². The maximum atomic E-state index is 11.6. The van der Waals surface area contributed by atoms with E-state index in [0.29, 0.717) is 0 Å². The Morgan fingerprint density at radius 2 is 1.37 bits per heavy atom. The summed E-state index contributed by atoms with van der Waals surface area (Å²) in [5.41, 5.74) is 0. The number of hydrogen-bond donors (Lipinski definition) is 0. The van der Waals surface area contributed by atoms with Gasteiger partial charge in [-0.2, -0.15) is 0 Å². The molecule has 0 aliphatic carbocycles. The highest BCUT2D eigenvalue weighted by Gasteiger charge is 2.52. The van der Waals surface area contributed by atoms with Gasteiger partial charge < -0.3 is 28.4 Å². The third kappa shape index (κ3) is 7.24. The first-order valence-electron chi connectivity index (χ1n) is 8.01. The topological polar surface area (TPSA) is 124 Å². The third-order valence-electron chi connectivity index (χ3n) is 3.28. The van der Waals surface area contributed by atoms with E-state index in [1.54, 1.807) is 0 Å². The van der Waals surface area contributed by atoms with Gasteiger partial charge in [-0.3, -0.25) is 19.2 Å². The molecule has 10 heteroatoms. The predicted octanol–water partition coefficient (Wildman–Crippen LogP) is -0.281. The second-order valence-electron chi connectivity index (χ2n) is 5.58. The molecule has 0 aromatic rings.